The minimum atomic E-state index is -3.00. The quantitative estimate of drug-likeness (QED) is 0.176. The fourth-order valence-electron chi connectivity index (χ4n) is 6.52. The summed E-state index contributed by atoms with van der Waals surface area (Å²) in [7, 11) is 5.52. The lowest BCUT2D eigenvalue weighted by atomic mass is 9.84. The van der Waals surface area contributed by atoms with E-state index in [0.717, 1.165) is 44.6 Å². The van der Waals surface area contributed by atoms with Gasteiger partial charge in [0.25, 0.3) is 0 Å². The number of hydrogen-bond donors (Lipinski definition) is 0. The normalized spacial score (nSPS) is 19.1. The maximum absolute atomic E-state index is 15.7. The van der Waals surface area contributed by atoms with E-state index in [0.29, 0.717) is 28.2 Å². The number of piperidine rings is 1. The standard InChI is InChI=1S/C34H39F3N3O5P/c1-4-11-39-12-9-20(10-13-39)28-15-24(44-3)17-31(38-28)40-19-26(32-27(35)14-23(43-2)16-30(32)46)25(33(40)42)18-29(41)21-5-7-22(8-6-21)45-34(36)37/h5-8,14-17,20,25-26,34H,4,9-13,18-19,46H2,1-3H3/t25-,26+/m0/s1. The lowest BCUT2D eigenvalue weighted by Crippen LogP contribution is -2.34. The number of rotatable bonds is 12. The van der Waals surface area contributed by atoms with E-state index in [1.165, 1.54) is 42.3 Å². The van der Waals surface area contributed by atoms with Crippen molar-refractivity contribution in [2.75, 3.05) is 45.3 Å². The number of likely N-dealkylation sites (tertiary alicyclic amines) is 1. The summed E-state index contributed by atoms with van der Waals surface area (Å²) in [5.41, 5.74) is 1.36. The lowest BCUT2D eigenvalue weighted by Gasteiger charge is -2.32. The van der Waals surface area contributed by atoms with Gasteiger partial charge in [-0.3, -0.25) is 14.5 Å². The maximum atomic E-state index is 15.7. The fraction of sp³-hybridized carbons (Fsp3) is 0.441. The second kappa shape index (κ2) is 14.8. The molecule has 0 N–H and O–H groups in total. The molecular formula is C34H39F3N3O5P. The summed E-state index contributed by atoms with van der Waals surface area (Å²) in [6, 6.07) is 11.9. The molecule has 246 valence electrons. The van der Waals surface area contributed by atoms with Crippen molar-refractivity contribution >= 4 is 32.1 Å². The Morgan fingerprint density at radius 2 is 1.70 bits per heavy atom. The van der Waals surface area contributed by atoms with Crippen LogP contribution in [0.4, 0.5) is 19.0 Å². The highest BCUT2D eigenvalue weighted by Gasteiger charge is 2.45. The molecule has 2 saturated heterocycles. The Labute approximate surface area is 269 Å². The van der Waals surface area contributed by atoms with Crippen LogP contribution in [-0.2, 0) is 4.79 Å². The Bertz CT molecular complexity index is 1530. The van der Waals surface area contributed by atoms with Crippen molar-refractivity contribution in [2.45, 2.75) is 51.1 Å². The molecule has 0 saturated carbocycles. The average molecular weight is 658 g/mol. The number of carbonyl (C=O) groups is 2. The second-order valence-electron chi connectivity index (χ2n) is 11.7. The second-order valence-corrected chi connectivity index (χ2v) is 12.3. The molecule has 0 aliphatic carbocycles. The molecule has 1 amide bonds. The van der Waals surface area contributed by atoms with Crippen molar-refractivity contribution in [2.24, 2.45) is 5.92 Å². The maximum Gasteiger partial charge on any atom is 0.387 e. The molecule has 2 aliphatic heterocycles. The smallest absolute Gasteiger partial charge is 0.387 e. The number of hydrogen-bond acceptors (Lipinski definition) is 7. The van der Waals surface area contributed by atoms with Gasteiger partial charge in [0, 0.05) is 59.8 Å². The third-order valence-electron chi connectivity index (χ3n) is 8.86. The number of methoxy groups -OCH3 is 2. The van der Waals surface area contributed by atoms with Crippen molar-refractivity contribution in [1.29, 1.82) is 0 Å². The SMILES string of the molecule is CCCN1CCC(c2cc(OC)cc(N3C[C@@H](c4c(F)cc(OC)cc4P)[C@H](CC(=O)c4ccc(OC(F)F)cc4)C3=O)n2)CC1. The van der Waals surface area contributed by atoms with Crippen molar-refractivity contribution in [3.05, 3.63) is 71.2 Å². The first-order chi connectivity index (χ1) is 22.1. The first kappa shape index (κ1) is 33.7. The molecule has 5 rings (SSSR count). The molecule has 2 fully saturated rings. The highest BCUT2D eigenvalue weighted by Crippen LogP contribution is 2.41. The molecule has 46 heavy (non-hydrogen) atoms. The molecule has 2 aliphatic rings. The molecule has 1 unspecified atom stereocenters. The van der Waals surface area contributed by atoms with E-state index in [1.54, 1.807) is 19.2 Å². The van der Waals surface area contributed by atoms with Crippen LogP contribution < -0.4 is 24.4 Å². The largest absolute Gasteiger partial charge is 0.497 e. The third-order valence-corrected chi connectivity index (χ3v) is 9.34. The van der Waals surface area contributed by atoms with Crippen LogP contribution in [0.3, 0.4) is 0 Å². The fourth-order valence-corrected chi connectivity index (χ4v) is 7.04. The van der Waals surface area contributed by atoms with Gasteiger partial charge in [-0.1, -0.05) is 6.92 Å². The molecule has 1 aromatic heterocycles. The number of ether oxygens (including phenoxy) is 3. The Morgan fingerprint density at radius 3 is 2.30 bits per heavy atom. The van der Waals surface area contributed by atoms with Gasteiger partial charge in [0.2, 0.25) is 5.91 Å². The molecule has 8 nitrogen and oxygen atoms in total. The lowest BCUT2D eigenvalue weighted by molar-refractivity contribution is -0.120. The van der Waals surface area contributed by atoms with Gasteiger partial charge < -0.3 is 19.1 Å². The Morgan fingerprint density at radius 1 is 1.02 bits per heavy atom. The van der Waals surface area contributed by atoms with Gasteiger partial charge in [-0.15, -0.1) is 9.24 Å². The minimum absolute atomic E-state index is 0.0866. The first-order valence-electron chi connectivity index (χ1n) is 15.4. The molecule has 3 heterocycles. The van der Waals surface area contributed by atoms with Crippen molar-refractivity contribution < 1.29 is 37.0 Å². The predicted molar refractivity (Wildman–Crippen MR) is 172 cm³/mol. The van der Waals surface area contributed by atoms with Gasteiger partial charge >= 0.3 is 6.61 Å². The topological polar surface area (TPSA) is 81.2 Å². The van der Waals surface area contributed by atoms with Crippen LogP contribution in [0.15, 0.2) is 48.5 Å². The van der Waals surface area contributed by atoms with E-state index in [1.807, 2.05) is 6.07 Å². The summed E-state index contributed by atoms with van der Waals surface area (Å²) in [5, 5.41) is 0.514. The molecule has 2 aromatic carbocycles. The Hall–Kier alpha value is -3.69. The van der Waals surface area contributed by atoms with E-state index in [2.05, 4.69) is 25.8 Å². The summed E-state index contributed by atoms with van der Waals surface area (Å²) in [4.78, 5) is 36.6. The number of alkyl halides is 2. The van der Waals surface area contributed by atoms with Gasteiger partial charge in [-0.2, -0.15) is 8.78 Å². The average Bonchev–Trinajstić information content (AvgIpc) is 3.35. The van der Waals surface area contributed by atoms with Gasteiger partial charge in [0.1, 0.15) is 28.9 Å². The molecule has 3 aromatic rings. The Kier molecular flexibility index (Phi) is 10.8. The molecule has 0 bridgehead atoms. The summed E-state index contributed by atoms with van der Waals surface area (Å²) in [6.45, 7) is 2.25. The van der Waals surface area contributed by atoms with Gasteiger partial charge in [-0.25, -0.2) is 9.37 Å². The zero-order chi connectivity index (χ0) is 33.0. The van der Waals surface area contributed by atoms with E-state index in [4.69, 9.17) is 14.5 Å². The number of nitrogens with zero attached hydrogens (tertiary/aromatic N) is 3. The zero-order valence-electron chi connectivity index (χ0n) is 26.2. The minimum Gasteiger partial charge on any atom is -0.497 e. The van der Waals surface area contributed by atoms with Crippen LogP contribution in [-0.4, -0.2) is 68.6 Å². The van der Waals surface area contributed by atoms with Crippen LogP contribution in [0.25, 0.3) is 0 Å². The predicted octanol–water partition coefficient (Wildman–Crippen LogP) is 5.95. The highest BCUT2D eigenvalue weighted by atomic mass is 31.0. The third kappa shape index (κ3) is 7.47. The first-order valence-corrected chi connectivity index (χ1v) is 16.0. The highest BCUT2D eigenvalue weighted by molar-refractivity contribution is 7.27. The summed E-state index contributed by atoms with van der Waals surface area (Å²) in [6.07, 6.45) is 2.74. The monoisotopic (exact) mass is 657 g/mol. The van der Waals surface area contributed by atoms with Crippen LogP contribution >= 0.6 is 9.24 Å². The molecular weight excluding hydrogens is 618 g/mol. The number of ketones is 1. The van der Waals surface area contributed by atoms with E-state index >= 15 is 4.39 Å². The summed E-state index contributed by atoms with van der Waals surface area (Å²) in [5.74, 6) is -1.50. The van der Waals surface area contributed by atoms with Crippen molar-refractivity contribution in [3.8, 4) is 17.2 Å². The van der Waals surface area contributed by atoms with Gasteiger partial charge in [0.15, 0.2) is 5.78 Å². The number of amides is 1. The van der Waals surface area contributed by atoms with E-state index < -0.39 is 24.3 Å². The Balaban J connectivity index is 1.47. The van der Waals surface area contributed by atoms with Gasteiger partial charge in [0.05, 0.1) is 20.1 Å². The molecule has 3 atom stereocenters. The number of halogens is 3. The zero-order valence-corrected chi connectivity index (χ0v) is 27.3. The number of benzene rings is 2. The molecule has 0 radical (unpaired) electrons. The van der Waals surface area contributed by atoms with Crippen LogP contribution in [0.5, 0.6) is 17.2 Å². The van der Waals surface area contributed by atoms with Crippen LogP contribution in [0.2, 0.25) is 0 Å². The van der Waals surface area contributed by atoms with Gasteiger partial charge in [-0.05, 0) is 74.5 Å². The number of pyridine rings is 1. The van der Waals surface area contributed by atoms with Crippen LogP contribution in [0, 0.1) is 11.7 Å². The summed E-state index contributed by atoms with van der Waals surface area (Å²) >= 11 is 0. The van der Waals surface area contributed by atoms with Crippen LogP contribution in [0.1, 0.15) is 66.1 Å². The number of Topliss-reactive ketones (excluding diaryl/α,β-unsaturated/α-hetero) is 1. The van der Waals surface area contributed by atoms with E-state index in [-0.39, 0.29) is 41.9 Å². The molecule has 0 spiro atoms. The molecule has 12 heteroatoms. The number of aromatic nitrogens is 1. The number of carbonyl (C=O) groups excluding carboxylic acids is 2. The van der Waals surface area contributed by atoms with Crippen molar-refractivity contribution in [1.82, 2.24) is 9.88 Å². The summed E-state index contributed by atoms with van der Waals surface area (Å²) < 4.78 is 56.2. The van der Waals surface area contributed by atoms with Crippen molar-refractivity contribution in [3.63, 3.8) is 0 Å². The number of anilines is 1. The van der Waals surface area contributed by atoms with E-state index in [9.17, 15) is 18.4 Å².